The Morgan fingerprint density at radius 3 is 2.61 bits per heavy atom. The summed E-state index contributed by atoms with van der Waals surface area (Å²) in [6.45, 7) is 1.01. The van der Waals surface area contributed by atoms with Crippen LogP contribution in [0.3, 0.4) is 0 Å². The number of ketones is 1. The van der Waals surface area contributed by atoms with Gasteiger partial charge in [0.25, 0.3) is 17.6 Å². The standard InChI is InChI=1S/C24H24N2O5/c1-15(17-11-10-16-6-2-3-7-18(16)12-17)25-21(27)14-31-22(28)13-26-20-9-5-4-8-19(20)23(29)24(26)30/h4-5,8-12,15H,2-3,6-7,13-14H2,1H3,(H,25,27)/t15-/m0/s1. The van der Waals surface area contributed by atoms with Crippen LogP contribution in [0, 0.1) is 0 Å². The predicted molar refractivity (Wildman–Crippen MR) is 114 cm³/mol. The number of carbonyl (C=O) groups is 4. The highest BCUT2D eigenvalue weighted by Crippen LogP contribution is 2.28. The molecule has 1 atom stereocenters. The molecule has 0 saturated heterocycles. The van der Waals surface area contributed by atoms with Crippen molar-refractivity contribution in [3.8, 4) is 0 Å². The lowest BCUT2D eigenvalue weighted by Gasteiger charge is -2.20. The molecule has 2 aromatic carbocycles. The molecule has 2 aromatic rings. The molecule has 7 heteroatoms. The van der Waals surface area contributed by atoms with Gasteiger partial charge in [-0.3, -0.25) is 24.1 Å². The van der Waals surface area contributed by atoms with Gasteiger partial charge in [0.15, 0.2) is 6.61 Å². The van der Waals surface area contributed by atoms with Gasteiger partial charge < -0.3 is 10.1 Å². The molecule has 0 unspecified atom stereocenters. The van der Waals surface area contributed by atoms with Crippen LogP contribution in [-0.4, -0.2) is 36.7 Å². The van der Waals surface area contributed by atoms with Crippen LogP contribution in [0.4, 0.5) is 5.69 Å². The number of aryl methyl sites for hydroxylation is 2. The van der Waals surface area contributed by atoms with Crippen molar-refractivity contribution < 1.29 is 23.9 Å². The van der Waals surface area contributed by atoms with Crippen molar-refractivity contribution in [2.75, 3.05) is 18.1 Å². The van der Waals surface area contributed by atoms with Crippen LogP contribution in [0.15, 0.2) is 42.5 Å². The van der Waals surface area contributed by atoms with Crippen molar-refractivity contribution in [2.45, 2.75) is 38.6 Å². The number of ether oxygens (including phenoxy) is 1. The molecule has 31 heavy (non-hydrogen) atoms. The van der Waals surface area contributed by atoms with E-state index in [0.29, 0.717) is 5.69 Å². The SMILES string of the molecule is C[C@H](NC(=O)COC(=O)CN1C(=O)C(=O)c2ccccc21)c1ccc2c(c1)CCCC2. The monoisotopic (exact) mass is 420 g/mol. The van der Waals surface area contributed by atoms with Gasteiger partial charge in [0.05, 0.1) is 17.3 Å². The van der Waals surface area contributed by atoms with Crippen LogP contribution < -0.4 is 10.2 Å². The highest BCUT2D eigenvalue weighted by molar-refractivity contribution is 6.52. The molecule has 160 valence electrons. The zero-order chi connectivity index (χ0) is 22.0. The summed E-state index contributed by atoms with van der Waals surface area (Å²) in [5.74, 6) is -2.61. The van der Waals surface area contributed by atoms with Gasteiger partial charge in [-0.05, 0) is 61.4 Å². The van der Waals surface area contributed by atoms with Gasteiger partial charge in [0.2, 0.25) is 0 Å². The molecular formula is C24H24N2O5. The van der Waals surface area contributed by atoms with E-state index < -0.39 is 36.7 Å². The Hall–Kier alpha value is -3.48. The fraction of sp³-hybridized carbons (Fsp3) is 0.333. The van der Waals surface area contributed by atoms with E-state index in [4.69, 9.17) is 4.74 Å². The Bertz CT molecular complexity index is 1060. The highest BCUT2D eigenvalue weighted by Gasteiger charge is 2.36. The van der Waals surface area contributed by atoms with E-state index in [-0.39, 0.29) is 11.6 Å². The lowest BCUT2D eigenvalue weighted by Crippen LogP contribution is -2.37. The van der Waals surface area contributed by atoms with Gasteiger partial charge in [0.1, 0.15) is 6.54 Å². The molecule has 1 aliphatic heterocycles. The second kappa shape index (κ2) is 8.71. The average molecular weight is 420 g/mol. The Morgan fingerprint density at radius 2 is 1.81 bits per heavy atom. The molecule has 7 nitrogen and oxygen atoms in total. The molecule has 0 radical (unpaired) electrons. The number of nitrogens with one attached hydrogen (secondary N) is 1. The first kappa shape index (κ1) is 20.8. The molecule has 1 heterocycles. The molecule has 0 saturated carbocycles. The minimum atomic E-state index is -0.774. The Kier molecular flexibility index (Phi) is 5.84. The number of nitrogens with zero attached hydrogens (tertiary/aromatic N) is 1. The van der Waals surface area contributed by atoms with Gasteiger partial charge in [-0.15, -0.1) is 0 Å². The molecule has 4 rings (SSSR count). The summed E-state index contributed by atoms with van der Waals surface area (Å²) in [5.41, 5.74) is 4.36. The molecule has 2 amide bonds. The van der Waals surface area contributed by atoms with Crippen LogP contribution in [0.25, 0.3) is 0 Å². The second-order valence-corrected chi connectivity index (χ2v) is 7.92. The number of benzene rings is 2. The number of para-hydroxylation sites is 1. The maximum Gasteiger partial charge on any atom is 0.326 e. The quantitative estimate of drug-likeness (QED) is 0.573. The molecule has 2 aliphatic rings. The average Bonchev–Trinajstić information content (AvgIpc) is 3.02. The van der Waals surface area contributed by atoms with Gasteiger partial charge >= 0.3 is 5.97 Å². The molecule has 0 bridgehead atoms. The third-order valence-corrected chi connectivity index (χ3v) is 5.78. The fourth-order valence-electron chi connectivity index (χ4n) is 4.12. The number of hydrogen-bond donors (Lipinski definition) is 1. The summed E-state index contributed by atoms with van der Waals surface area (Å²) in [4.78, 5) is 49.6. The minimum Gasteiger partial charge on any atom is -0.454 e. The highest BCUT2D eigenvalue weighted by atomic mass is 16.5. The topological polar surface area (TPSA) is 92.8 Å². The number of fused-ring (bicyclic) bond motifs is 2. The van der Waals surface area contributed by atoms with Gasteiger partial charge in [0, 0.05) is 0 Å². The largest absolute Gasteiger partial charge is 0.454 e. The zero-order valence-electron chi connectivity index (χ0n) is 17.3. The van der Waals surface area contributed by atoms with Crippen molar-refractivity contribution in [1.82, 2.24) is 5.32 Å². The number of esters is 1. The summed E-state index contributed by atoms with van der Waals surface area (Å²) >= 11 is 0. The maximum absolute atomic E-state index is 12.2. The normalized spacial score (nSPS) is 15.8. The third-order valence-electron chi connectivity index (χ3n) is 5.78. The molecule has 0 fully saturated rings. The van der Waals surface area contributed by atoms with E-state index >= 15 is 0 Å². The van der Waals surface area contributed by atoms with Gasteiger partial charge in [-0.25, -0.2) is 0 Å². The number of rotatable bonds is 6. The lowest BCUT2D eigenvalue weighted by molar-refractivity contribution is -0.147. The third kappa shape index (κ3) is 4.35. The van der Waals surface area contributed by atoms with E-state index in [1.165, 1.54) is 30.0 Å². The minimum absolute atomic E-state index is 0.219. The smallest absolute Gasteiger partial charge is 0.326 e. The van der Waals surface area contributed by atoms with Crippen molar-refractivity contribution in [3.63, 3.8) is 0 Å². The van der Waals surface area contributed by atoms with Crippen LogP contribution in [0.1, 0.15) is 52.9 Å². The molecule has 0 aromatic heterocycles. The van der Waals surface area contributed by atoms with Gasteiger partial charge in [-0.1, -0.05) is 30.3 Å². The van der Waals surface area contributed by atoms with Crippen LogP contribution in [0.2, 0.25) is 0 Å². The van der Waals surface area contributed by atoms with Crippen molar-refractivity contribution in [1.29, 1.82) is 0 Å². The van der Waals surface area contributed by atoms with E-state index in [1.807, 2.05) is 13.0 Å². The number of anilines is 1. The van der Waals surface area contributed by atoms with Crippen molar-refractivity contribution in [2.24, 2.45) is 0 Å². The van der Waals surface area contributed by atoms with Crippen LogP contribution in [0.5, 0.6) is 0 Å². The summed E-state index contributed by atoms with van der Waals surface area (Å²) in [7, 11) is 0. The first-order valence-electron chi connectivity index (χ1n) is 10.5. The van der Waals surface area contributed by atoms with E-state index in [0.717, 1.165) is 23.3 Å². The summed E-state index contributed by atoms with van der Waals surface area (Å²) < 4.78 is 5.04. The lowest BCUT2D eigenvalue weighted by atomic mass is 9.89. The molecule has 1 N–H and O–H groups in total. The van der Waals surface area contributed by atoms with Gasteiger partial charge in [-0.2, -0.15) is 0 Å². The number of Topliss-reactive ketones (excluding diaryl/α,β-unsaturated/α-hetero) is 1. The number of amides is 2. The predicted octanol–water partition coefficient (Wildman–Crippen LogP) is 2.52. The van der Waals surface area contributed by atoms with Crippen LogP contribution in [-0.2, 0) is 32.0 Å². The maximum atomic E-state index is 12.2. The summed E-state index contributed by atoms with van der Waals surface area (Å²) in [6, 6.07) is 12.5. The first-order valence-corrected chi connectivity index (χ1v) is 10.5. The molecule has 1 aliphatic carbocycles. The van der Waals surface area contributed by atoms with E-state index in [9.17, 15) is 19.2 Å². The molecule has 0 spiro atoms. The van der Waals surface area contributed by atoms with E-state index in [2.05, 4.69) is 17.4 Å². The van der Waals surface area contributed by atoms with Crippen molar-refractivity contribution >= 4 is 29.3 Å². The fourth-order valence-corrected chi connectivity index (χ4v) is 4.12. The summed E-state index contributed by atoms with van der Waals surface area (Å²) in [6.07, 6.45) is 4.56. The molecular weight excluding hydrogens is 396 g/mol. The summed E-state index contributed by atoms with van der Waals surface area (Å²) in [5, 5.41) is 2.83. The second-order valence-electron chi connectivity index (χ2n) is 7.92. The number of hydrogen-bond acceptors (Lipinski definition) is 5. The first-order chi connectivity index (χ1) is 14.9. The zero-order valence-corrected chi connectivity index (χ0v) is 17.3. The van der Waals surface area contributed by atoms with E-state index in [1.54, 1.807) is 18.2 Å². The number of carbonyl (C=O) groups excluding carboxylic acids is 4. The Labute approximate surface area is 180 Å². The van der Waals surface area contributed by atoms with Crippen LogP contribution >= 0.6 is 0 Å². The Morgan fingerprint density at radius 1 is 1.06 bits per heavy atom. The Balaban J connectivity index is 1.29. The van der Waals surface area contributed by atoms with Crippen molar-refractivity contribution in [3.05, 3.63) is 64.7 Å².